The van der Waals surface area contributed by atoms with Gasteiger partial charge in [-0.15, -0.1) is 0 Å². The number of halogens is 1. The fourth-order valence-corrected chi connectivity index (χ4v) is 3.00. The third kappa shape index (κ3) is 2.04. The zero-order valence-electron chi connectivity index (χ0n) is 9.57. The van der Waals surface area contributed by atoms with E-state index in [0.717, 1.165) is 5.57 Å². The number of thiol groups is 1. The molecule has 0 saturated heterocycles. The van der Waals surface area contributed by atoms with Crippen LogP contribution in [0.15, 0.2) is 47.3 Å². The number of carbonyl (C=O) groups excluding carboxylic acids is 1. The highest BCUT2D eigenvalue weighted by atomic mass is 79.9. The molecule has 0 aromatic heterocycles. The first kappa shape index (κ1) is 12.7. The number of hydrogen-bond acceptors (Lipinski definition) is 3. The number of allylic oxidation sites excluding steroid dienone is 5. The molecule has 0 aromatic carbocycles. The average molecular weight is 313 g/mol. The summed E-state index contributed by atoms with van der Waals surface area (Å²) in [6.45, 7) is 2.97. The number of alkyl halides is 1. The maximum atomic E-state index is 11.7. The lowest BCUT2D eigenvalue weighted by Crippen LogP contribution is -2.35. The van der Waals surface area contributed by atoms with Crippen molar-refractivity contribution < 1.29 is 9.90 Å². The normalized spacial score (nSPS) is 35.6. The van der Waals surface area contributed by atoms with E-state index in [2.05, 4.69) is 28.6 Å². The monoisotopic (exact) mass is 312 g/mol. The highest BCUT2D eigenvalue weighted by molar-refractivity contribution is 9.10. The molecular weight excluding hydrogens is 300 g/mol. The van der Waals surface area contributed by atoms with Gasteiger partial charge in [0, 0.05) is 0 Å². The van der Waals surface area contributed by atoms with Gasteiger partial charge in [0.1, 0.15) is 5.76 Å². The molecule has 4 heteroatoms. The first-order valence-corrected chi connectivity index (χ1v) is 6.48. The minimum Gasteiger partial charge on any atom is -0.512 e. The minimum atomic E-state index is -0.511. The summed E-state index contributed by atoms with van der Waals surface area (Å²) < 4.78 is -0.983. The second kappa shape index (κ2) is 3.89. The fraction of sp³-hybridized carbons (Fsp3) is 0.308. The zero-order valence-corrected chi connectivity index (χ0v) is 12.0. The van der Waals surface area contributed by atoms with Gasteiger partial charge in [-0.05, 0) is 19.4 Å². The van der Waals surface area contributed by atoms with E-state index in [0.29, 0.717) is 5.57 Å². The van der Waals surface area contributed by atoms with Crippen molar-refractivity contribution in [3.8, 4) is 0 Å². The van der Waals surface area contributed by atoms with Crippen LogP contribution in [0.4, 0.5) is 0 Å². The van der Waals surface area contributed by atoms with Gasteiger partial charge < -0.3 is 5.11 Å². The van der Waals surface area contributed by atoms with E-state index in [4.69, 9.17) is 0 Å². The number of aliphatic hydroxyl groups is 1. The summed E-state index contributed by atoms with van der Waals surface area (Å²) in [5, 5.41) is 9.69. The van der Waals surface area contributed by atoms with Crippen LogP contribution in [0.5, 0.6) is 0 Å². The van der Waals surface area contributed by atoms with Crippen LogP contribution in [0.25, 0.3) is 0 Å². The number of Topliss-reactive ketones (excluding diaryl/α,β-unsaturated/α-hetero) is 1. The van der Waals surface area contributed by atoms with Crippen LogP contribution in [0.3, 0.4) is 0 Å². The van der Waals surface area contributed by atoms with Crippen molar-refractivity contribution >= 4 is 34.3 Å². The Hall–Kier alpha value is -0.740. The van der Waals surface area contributed by atoms with E-state index in [1.165, 1.54) is 13.8 Å². The first-order chi connectivity index (χ1) is 7.77. The van der Waals surface area contributed by atoms with Gasteiger partial charge in [0.25, 0.3) is 0 Å². The fourth-order valence-electron chi connectivity index (χ4n) is 2.14. The molecule has 90 valence electrons. The maximum absolute atomic E-state index is 11.7. The summed E-state index contributed by atoms with van der Waals surface area (Å²) in [5.41, 5.74) is 1.11. The van der Waals surface area contributed by atoms with Crippen LogP contribution in [0, 0.1) is 0 Å². The van der Waals surface area contributed by atoms with Crippen molar-refractivity contribution in [1.29, 1.82) is 0 Å². The van der Waals surface area contributed by atoms with Crippen LogP contribution in [0.2, 0.25) is 0 Å². The minimum absolute atomic E-state index is 0.0360. The largest absolute Gasteiger partial charge is 0.512 e. The molecule has 17 heavy (non-hydrogen) atoms. The van der Waals surface area contributed by atoms with E-state index >= 15 is 0 Å². The topological polar surface area (TPSA) is 37.3 Å². The van der Waals surface area contributed by atoms with E-state index in [1.54, 1.807) is 0 Å². The van der Waals surface area contributed by atoms with Crippen LogP contribution >= 0.6 is 28.6 Å². The Morgan fingerprint density at radius 2 is 1.82 bits per heavy atom. The highest BCUT2D eigenvalue weighted by Gasteiger charge is 2.41. The summed E-state index contributed by atoms with van der Waals surface area (Å²) in [6, 6.07) is 0. The van der Waals surface area contributed by atoms with Gasteiger partial charge >= 0.3 is 0 Å². The molecule has 0 heterocycles. The van der Waals surface area contributed by atoms with Crippen LogP contribution in [-0.2, 0) is 4.79 Å². The van der Waals surface area contributed by atoms with E-state index in [9.17, 15) is 9.90 Å². The molecule has 0 saturated carbocycles. The molecule has 3 aliphatic carbocycles. The van der Waals surface area contributed by atoms with E-state index in [1.807, 2.05) is 30.4 Å². The number of carbonyl (C=O) groups is 1. The molecule has 0 aliphatic heterocycles. The number of aliphatic hydroxyl groups excluding tert-OH is 1. The third-order valence-corrected chi connectivity index (χ3v) is 4.34. The van der Waals surface area contributed by atoms with Gasteiger partial charge in [0.05, 0.1) is 14.6 Å². The molecular formula is C13H13BrO2S. The van der Waals surface area contributed by atoms with Crippen molar-refractivity contribution in [2.45, 2.75) is 22.9 Å². The molecule has 0 aromatic rings. The Labute approximate surface area is 114 Å². The molecule has 1 N–H and O–H groups in total. The first-order valence-electron chi connectivity index (χ1n) is 5.24. The number of rotatable bonds is 2. The van der Waals surface area contributed by atoms with Crippen molar-refractivity contribution in [2.75, 3.05) is 0 Å². The standard InChI is InChI=1S/C13H13BrO2S/c1-8(15)11(9(2)16)10-7-12(17)3-5-13(10,14)6-4-12/h3-7,15,17H,1-2H3/b11-8-. The van der Waals surface area contributed by atoms with E-state index < -0.39 is 9.07 Å². The Balaban J connectivity index is 2.59. The Kier molecular flexibility index (Phi) is 2.91. The summed E-state index contributed by atoms with van der Waals surface area (Å²) in [6.07, 6.45) is 9.70. The third-order valence-electron chi connectivity index (χ3n) is 2.96. The van der Waals surface area contributed by atoms with Gasteiger partial charge in [-0.2, -0.15) is 12.6 Å². The van der Waals surface area contributed by atoms with Gasteiger partial charge in [0.15, 0.2) is 5.78 Å². The summed E-state index contributed by atoms with van der Waals surface area (Å²) >= 11 is 8.12. The van der Waals surface area contributed by atoms with Crippen LogP contribution < -0.4 is 0 Å². The molecule has 0 unspecified atom stereocenters. The van der Waals surface area contributed by atoms with Gasteiger partial charge in [-0.3, -0.25) is 4.79 Å². The average Bonchev–Trinajstić information content (AvgIpc) is 2.20. The molecule has 0 amide bonds. The smallest absolute Gasteiger partial charge is 0.163 e. The second-order valence-corrected chi connectivity index (χ2v) is 6.48. The quantitative estimate of drug-likeness (QED) is 0.270. The van der Waals surface area contributed by atoms with Crippen molar-refractivity contribution in [3.05, 3.63) is 47.3 Å². The number of hydrogen-bond donors (Lipinski definition) is 2. The van der Waals surface area contributed by atoms with Crippen molar-refractivity contribution in [1.82, 2.24) is 0 Å². The molecule has 0 radical (unpaired) electrons. The molecule has 0 spiro atoms. The lowest BCUT2D eigenvalue weighted by Gasteiger charge is -2.38. The SMILES string of the molecule is CC(=O)/C(C1=CC2(S)C=CC1(Br)C=C2)=C(\C)O. The zero-order chi connectivity index (χ0) is 12.8. The molecule has 3 rings (SSSR count). The molecule has 0 fully saturated rings. The van der Waals surface area contributed by atoms with Crippen molar-refractivity contribution in [3.63, 3.8) is 0 Å². The second-order valence-electron chi connectivity index (χ2n) is 4.40. The molecule has 2 bridgehead atoms. The molecule has 2 nitrogen and oxygen atoms in total. The Morgan fingerprint density at radius 3 is 2.24 bits per heavy atom. The van der Waals surface area contributed by atoms with Crippen molar-refractivity contribution in [2.24, 2.45) is 0 Å². The van der Waals surface area contributed by atoms with E-state index in [-0.39, 0.29) is 11.5 Å². The lowest BCUT2D eigenvalue weighted by molar-refractivity contribution is -0.113. The predicted molar refractivity (Wildman–Crippen MR) is 75.7 cm³/mol. The summed E-state index contributed by atoms with van der Waals surface area (Å²) in [7, 11) is 0. The highest BCUT2D eigenvalue weighted by Crippen LogP contribution is 2.47. The molecule has 0 atom stereocenters. The summed E-state index contributed by atoms with van der Waals surface area (Å²) in [5.74, 6) is -0.116. The van der Waals surface area contributed by atoms with Crippen LogP contribution in [0.1, 0.15) is 13.8 Å². The summed E-state index contributed by atoms with van der Waals surface area (Å²) in [4.78, 5) is 11.7. The Morgan fingerprint density at radius 1 is 1.29 bits per heavy atom. The van der Waals surface area contributed by atoms with Crippen LogP contribution in [-0.4, -0.2) is 20.0 Å². The molecule has 3 aliphatic rings. The maximum Gasteiger partial charge on any atom is 0.163 e. The van der Waals surface area contributed by atoms with Gasteiger partial charge in [-0.1, -0.05) is 46.3 Å². The lowest BCUT2D eigenvalue weighted by atomic mass is 9.77. The predicted octanol–water partition coefficient (Wildman–Crippen LogP) is 3.28. The Bertz CT molecular complexity index is 494. The van der Waals surface area contributed by atoms with Gasteiger partial charge in [0.2, 0.25) is 0 Å². The number of ketones is 1. The van der Waals surface area contributed by atoms with Gasteiger partial charge in [-0.25, -0.2) is 0 Å².